The number of benzene rings is 1. The summed E-state index contributed by atoms with van der Waals surface area (Å²) in [4.78, 5) is 9.47. The highest BCUT2D eigenvalue weighted by molar-refractivity contribution is 7.16. The van der Waals surface area contributed by atoms with E-state index in [0.29, 0.717) is 11.4 Å². The zero-order valence-electron chi connectivity index (χ0n) is 11.3. The Kier molecular flexibility index (Phi) is 4.03. The maximum atomic E-state index is 13.1. The predicted molar refractivity (Wildman–Crippen MR) is 85.6 cm³/mol. The molecule has 3 aromatic rings. The Morgan fingerprint density at radius 2 is 2.19 bits per heavy atom. The third kappa shape index (κ3) is 3.14. The Morgan fingerprint density at radius 1 is 1.33 bits per heavy atom. The van der Waals surface area contributed by atoms with Crippen LogP contribution < -0.4 is 5.32 Å². The minimum atomic E-state index is -0.319. The smallest absolute Gasteiger partial charge is 0.138 e. The lowest BCUT2D eigenvalue weighted by Crippen LogP contribution is -2.19. The van der Waals surface area contributed by atoms with E-state index in [9.17, 15) is 4.39 Å². The van der Waals surface area contributed by atoms with Crippen molar-refractivity contribution >= 4 is 39.0 Å². The summed E-state index contributed by atoms with van der Waals surface area (Å²) >= 11 is 7.65. The van der Waals surface area contributed by atoms with Crippen molar-refractivity contribution in [2.24, 2.45) is 0 Å². The molecule has 0 saturated heterocycles. The van der Waals surface area contributed by atoms with Crippen LogP contribution in [0.15, 0.2) is 36.0 Å². The Hall–Kier alpha value is -1.72. The van der Waals surface area contributed by atoms with Crippen LogP contribution in [0.5, 0.6) is 0 Å². The monoisotopic (exact) mass is 321 g/mol. The lowest BCUT2D eigenvalue weighted by molar-refractivity contribution is 0.626. The number of rotatable bonds is 4. The summed E-state index contributed by atoms with van der Waals surface area (Å²) in [5.41, 5.74) is 0.911. The molecule has 108 valence electrons. The maximum Gasteiger partial charge on any atom is 0.138 e. The SMILES string of the molecule is CC(Cc1ccc(F)cc1Cl)Nc1ncnc2sccc12. The predicted octanol–water partition coefficient (Wildman–Crippen LogP) is 4.53. The van der Waals surface area contributed by atoms with Gasteiger partial charge in [0.15, 0.2) is 0 Å². The van der Waals surface area contributed by atoms with E-state index in [1.807, 2.05) is 18.4 Å². The minimum absolute atomic E-state index is 0.117. The van der Waals surface area contributed by atoms with Gasteiger partial charge in [0.1, 0.15) is 22.8 Å². The molecule has 3 rings (SSSR count). The summed E-state index contributed by atoms with van der Waals surface area (Å²) in [6, 6.07) is 6.60. The van der Waals surface area contributed by atoms with Crippen LogP contribution in [0.1, 0.15) is 12.5 Å². The van der Waals surface area contributed by atoms with Gasteiger partial charge in [0.25, 0.3) is 0 Å². The Labute approximate surface area is 130 Å². The van der Waals surface area contributed by atoms with Gasteiger partial charge < -0.3 is 5.32 Å². The molecular formula is C15H13ClFN3S. The van der Waals surface area contributed by atoms with Gasteiger partial charge in [-0.1, -0.05) is 17.7 Å². The van der Waals surface area contributed by atoms with Crippen LogP contribution in [0.25, 0.3) is 10.2 Å². The number of thiophene rings is 1. The summed E-state index contributed by atoms with van der Waals surface area (Å²) in [6.07, 6.45) is 2.24. The first-order valence-electron chi connectivity index (χ1n) is 6.52. The lowest BCUT2D eigenvalue weighted by atomic mass is 10.1. The van der Waals surface area contributed by atoms with Crippen LogP contribution in [0.2, 0.25) is 5.02 Å². The second-order valence-electron chi connectivity index (χ2n) is 4.85. The molecular weight excluding hydrogens is 309 g/mol. The number of fused-ring (bicyclic) bond motifs is 1. The second-order valence-corrected chi connectivity index (χ2v) is 6.15. The van der Waals surface area contributed by atoms with E-state index >= 15 is 0 Å². The van der Waals surface area contributed by atoms with E-state index in [0.717, 1.165) is 21.6 Å². The van der Waals surface area contributed by atoms with Gasteiger partial charge in [-0.3, -0.25) is 0 Å². The molecule has 1 unspecified atom stereocenters. The highest BCUT2D eigenvalue weighted by Gasteiger charge is 2.11. The summed E-state index contributed by atoms with van der Waals surface area (Å²) in [6.45, 7) is 2.04. The molecule has 3 nitrogen and oxygen atoms in total. The van der Waals surface area contributed by atoms with Crippen LogP contribution in [-0.4, -0.2) is 16.0 Å². The van der Waals surface area contributed by atoms with Gasteiger partial charge in [0.05, 0.1) is 5.39 Å². The van der Waals surface area contributed by atoms with E-state index in [2.05, 4.69) is 15.3 Å². The van der Waals surface area contributed by atoms with Crippen molar-refractivity contribution in [1.82, 2.24) is 9.97 Å². The molecule has 1 atom stereocenters. The van der Waals surface area contributed by atoms with Crippen LogP contribution in [0.4, 0.5) is 10.2 Å². The summed E-state index contributed by atoms with van der Waals surface area (Å²) in [7, 11) is 0. The van der Waals surface area contributed by atoms with Crippen LogP contribution in [0, 0.1) is 5.82 Å². The van der Waals surface area contributed by atoms with Gasteiger partial charge in [-0.05, 0) is 42.5 Å². The number of aromatic nitrogens is 2. The summed E-state index contributed by atoms with van der Waals surface area (Å²) < 4.78 is 13.1. The molecule has 0 saturated carbocycles. The fraction of sp³-hybridized carbons (Fsp3) is 0.200. The first kappa shape index (κ1) is 14.2. The highest BCUT2D eigenvalue weighted by Crippen LogP contribution is 2.25. The van der Waals surface area contributed by atoms with Crippen molar-refractivity contribution in [1.29, 1.82) is 0 Å². The first-order valence-corrected chi connectivity index (χ1v) is 7.78. The molecule has 0 aliphatic rings. The molecule has 0 bridgehead atoms. The average molecular weight is 322 g/mol. The molecule has 1 aromatic carbocycles. The van der Waals surface area contributed by atoms with Gasteiger partial charge in [-0.15, -0.1) is 11.3 Å². The topological polar surface area (TPSA) is 37.8 Å². The Bertz CT molecular complexity index is 774. The standard InChI is InChI=1S/C15H13ClFN3S/c1-9(6-10-2-3-11(17)7-13(10)16)20-14-12-4-5-21-15(12)19-8-18-14/h2-5,7-9H,6H2,1H3,(H,18,19,20). The molecule has 0 radical (unpaired) electrons. The maximum absolute atomic E-state index is 13.1. The summed E-state index contributed by atoms with van der Waals surface area (Å²) in [5.74, 6) is 0.493. The molecule has 0 fully saturated rings. The van der Waals surface area contributed by atoms with Gasteiger partial charge >= 0.3 is 0 Å². The fourth-order valence-electron chi connectivity index (χ4n) is 2.21. The molecule has 0 aliphatic heterocycles. The molecule has 0 spiro atoms. The summed E-state index contributed by atoms with van der Waals surface area (Å²) in [5, 5.41) is 6.82. The largest absolute Gasteiger partial charge is 0.367 e. The molecule has 2 aromatic heterocycles. The van der Waals surface area contributed by atoms with E-state index in [1.54, 1.807) is 23.7 Å². The van der Waals surface area contributed by atoms with E-state index in [1.165, 1.54) is 12.1 Å². The average Bonchev–Trinajstić information content (AvgIpc) is 2.91. The zero-order chi connectivity index (χ0) is 14.8. The van der Waals surface area contributed by atoms with Gasteiger partial charge in [-0.25, -0.2) is 14.4 Å². The quantitative estimate of drug-likeness (QED) is 0.767. The molecule has 21 heavy (non-hydrogen) atoms. The Morgan fingerprint density at radius 3 is 3.00 bits per heavy atom. The number of nitrogens with one attached hydrogen (secondary N) is 1. The van der Waals surface area contributed by atoms with Crippen LogP contribution in [-0.2, 0) is 6.42 Å². The van der Waals surface area contributed by atoms with Crippen LogP contribution >= 0.6 is 22.9 Å². The second kappa shape index (κ2) is 5.95. The third-order valence-corrected chi connectivity index (χ3v) is 4.36. The van der Waals surface area contributed by atoms with Crippen molar-refractivity contribution in [2.75, 3.05) is 5.32 Å². The van der Waals surface area contributed by atoms with Crippen molar-refractivity contribution in [3.8, 4) is 0 Å². The number of hydrogen-bond acceptors (Lipinski definition) is 4. The van der Waals surface area contributed by atoms with Crippen LogP contribution in [0.3, 0.4) is 0 Å². The van der Waals surface area contributed by atoms with Crippen molar-refractivity contribution in [3.05, 3.63) is 52.4 Å². The normalized spacial score (nSPS) is 12.5. The lowest BCUT2D eigenvalue weighted by Gasteiger charge is -2.16. The molecule has 1 N–H and O–H groups in total. The number of hydrogen-bond donors (Lipinski definition) is 1. The number of anilines is 1. The van der Waals surface area contributed by atoms with Crippen molar-refractivity contribution in [3.63, 3.8) is 0 Å². The van der Waals surface area contributed by atoms with Gasteiger partial charge in [-0.2, -0.15) is 0 Å². The van der Waals surface area contributed by atoms with Crippen molar-refractivity contribution in [2.45, 2.75) is 19.4 Å². The first-order chi connectivity index (χ1) is 10.1. The van der Waals surface area contributed by atoms with Gasteiger partial charge in [0.2, 0.25) is 0 Å². The van der Waals surface area contributed by atoms with Gasteiger partial charge in [0, 0.05) is 11.1 Å². The van der Waals surface area contributed by atoms with E-state index in [-0.39, 0.29) is 11.9 Å². The van der Waals surface area contributed by atoms with E-state index < -0.39 is 0 Å². The highest BCUT2D eigenvalue weighted by atomic mass is 35.5. The fourth-order valence-corrected chi connectivity index (χ4v) is 3.18. The molecule has 0 amide bonds. The number of halogens is 2. The third-order valence-electron chi connectivity index (χ3n) is 3.19. The van der Waals surface area contributed by atoms with Crippen molar-refractivity contribution < 1.29 is 4.39 Å². The molecule has 0 aliphatic carbocycles. The Balaban J connectivity index is 1.77. The number of nitrogens with zero attached hydrogens (tertiary/aromatic N) is 2. The minimum Gasteiger partial charge on any atom is -0.367 e. The molecule has 2 heterocycles. The zero-order valence-corrected chi connectivity index (χ0v) is 12.9. The van der Waals surface area contributed by atoms with E-state index in [4.69, 9.17) is 11.6 Å². The molecule has 6 heteroatoms.